The van der Waals surface area contributed by atoms with Gasteiger partial charge < -0.3 is 14.4 Å². The summed E-state index contributed by atoms with van der Waals surface area (Å²) in [4.78, 5) is 13.7. The lowest BCUT2D eigenvalue weighted by Gasteiger charge is -2.42. The van der Waals surface area contributed by atoms with Gasteiger partial charge in [-0.1, -0.05) is 0 Å². The van der Waals surface area contributed by atoms with Crippen molar-refractivity contribution in [3.63, 3.8) is 0 Å². The zero-order valence-electron chi connectivity index (χ0n) is 11.6. The minimum atomic E-state index is -0.420. The topological polar surface area (TPSA) is 38.8 Å². The second-order valence-electron chi connectivity index (χ2n) is 6.18. The van der Waals surface area contributed by atoms with Gasteiger partial charge in [-0.2, -0.15) is 0 Å². The van der Waals surface area contributed by atoms with Crippen molar-refractivity contribution >= 4 is 6.09 Å². The molecule has 1 amide bonds. The molecule has 0 aromatic carbocycles. The molecule has 4 heteroatoms. The van der Waals surface area contributed by atoms with Crippen molar-refractivity contribution in [2.75, 3.05) is 13.1 Å². The quantitative estimate of drug-likeness (QED) is 0.666. The smallest absolute Gasteiger partial charge is 0.410 e. The van der Waals surface area contributed by atoms with E-state index in [0.717, 1.165) is 38.8 Å². The van der Waals surface area contributed by atoms with E-state index in [1.807, 2.05) is 27.0 Å². The fourth-order valence-corrected chi connectivity index (χ4v) is 2.46. The molecule has 0 N–H and O–H groups in total. The maximum absolute atomic E-state index is 11.9. The molecule has 0 radical (unpaired) electrons. The fourth-order valence-electron chi connectivity index (χ4n) is 2.46. The minimum absolute atomic E-state index is 0.0345. The summed E-state index contributed by atoms with van der Waals surface area (Å²) in [5, 5.41) is 0. The zero-order chi connectivity index (χ0) is 13.2. The average molecular weight is 253 g/mol. The Hall–Kier alpha value is -1.19. The van der Waals surface area contributed by atoms with Crippen LogP contribution in [0.5, 0.6) is 0 Å². The third kappa shape index (κ3) is 3.18. The summed E-state index contributed by atoms with van der Waals surface area (Å²) in [6, 6.07) is 0. The fraction of sp³-hybridized carbons (Fsp3) is 0.786. The Kier molecular flexibility index (Phi) is 3.55. The highest BCUT2D eigenvalue weighted by Gasteiger charge is 2.38. The highest BCUT2D eigenvalue weighted by atomic mass is 16.6. The number of carbonyl (C=O) groups is 1. The summed E-state index contributed by atoms with van der Waals surface area (Å²) in [5.74, 6) is 0. The van der Waals surface area contributed by atoms with Crippen molar-refractivity contribution in [1.82, 2.24) is 4.90 Å². The maximum atomic E-state index is 11.9. The molecule has 0 bridgehead atoms. The van der Waals surface area contributed by atoms with Gasteiger partial charge in [0.25, 0.3) is 0 Å². The van der Waals surface area contributed by atoms with E-state index in [0.29, 0.717) is 0 Å². The lowest BCUT2D eigenvalue weighted by Crippen LogP contribution is -2.49. The zero-order valence-corrected chi connectivity index (χ0v) is 11.6. The molecule has 0 saturated carbocycles. The molecule has 1 saturated heterocycles. The molecule has 1 fully saturated rings. The van der Waals surface area contributed by atoms with E-state index in [-0.39, 0.29) is 11.7 Å². The monoisotopic (exact) mass is 253 g/mol. The number of nitrogens with zero attached hydrogens (tertiary/aromatic N) is 1. The van der Waals surface area contributed by atoms with Crippen molar-refractivity contribution in [3.05, 3.63) is 12.3 Å². The molecule has 2 aliphatic rings. The molecule has 2 heterocycles. The highest BCUT2D eigenvalue weighted by molar-refractivity contribution is 5.68. The Morgan fingerprint density at radius 1 is 1.28 bits per heavy atom. The van der Waals surface area contributed by atoms with E-state index in [1.165, 1.54) is 0 Å². The van der Waals surface area contributed by atoms with Crippen LogP contribution in [0.1, 0.15) is 46.5 Å². The molecule has 2 aliphatic heterocycles. The third-order valence-corrected chi connectivity index (χ3v) is 3.51. The Labute approximate surface area is 109 Å². The summed E-state index contributed by atoms with van der Waals surface area (Å²) < 4.78 is 11.2. The second-order valence-corrected chi connectivity index (χ2v) is 6.18. The van der Waals surface area contributed by atoms with Crippen molar-refractivity contribution in [2.24, 2.45) is 0 Å². The van der Waals surface area contributed by atoms with Crippen LogP contribution < -0.4 is 0 Å². The first-order chi connectivity index (χ1) is 8.40. The molecule has 18 heavy (non-hydrogen) atoms. The van der Waals surface area contributed by atoms with E-state index >= 15 is 0 Å². The normalized spacial score (nSPS) is 22.7. The van der Waals surface area contributed by atoms with Gasteiger partial charge in [0.2, 0.25) is 0 Å². The molecule has 0 aromatic rings. The molecule has 102 valence electrons. The minimum Gasteiger partial charge on any atom is -0.495 e. The van der Waals surface area contributed by atoms with E-state index in [1.54, 1.807) is 4.90 Å². The number of likely N-dealkylation sites (tertiary alicyclic amines) is 1. The molecule has 1 spiro atoms. The molecule has 0 aromatic heterocycles. The van der Waals surface area contributed by atoms with E-state index in [9.17, 15) is 4.79 Å². The van der Waals surface area contributed by atoms with Crippen LogP contribution in [0.3, 0.4) is 0 Å². The van der Waals surface area contributed by atoms with Crippen LogP contribution in [-0.4, -0.2) is 35.3 Å². The molecular formula is C14H23NO3. The van der Waals surface area contributed by atoms with Crippen LogP contribution in [0.25, 0.3) is 0 Å². The van der Waals surface area contributed by atoms with Gasteiger partial charge in [0.15, 0.2) is 0 Å². The Morgan fingerprint density at radius 2 is 1.94 bits per heavy atom. The molecule has 4 nitrogen and oxygen atoms in total. The number of carbonyl (C=O) groups excluding carboxylic acids is 1. The summed E-state index contributed by atoms with van der Waals surface area (Å²) in [6.07, 6.45) is 7.60. The van der Waals surface area contributed by atoms with Crippen LogP contribution in [0.15, 0.2) is 12.3 Å². The molecule has 0 aliphatic carbocycles. The molecule has 0 atom stereocenters. The SMILES string of the molecule is CC(C)(C)OC(=O)N1CCC2(CCC=CO2)CC1. The average Bonchev–Trinajstić information content (AvgIpc) is 2.28. The Morgan fingerprint density at radius 3 is 2.44 bits per heavy atom. The van der Waals surface area contributed by atoms with Crippen LogP contribution in [0.4, 0.5) is 4.79 Å². The van der Waals surface area contributed by atoms with Gasteiger partial charge in [0.1, 0.15) is 11.2 Å². The first-order valence-electron chi connectivity index (χ1n) is 6.71. The Balaban J connectivity index is 1.86. The standard InChI is InChI=1S/C14H23NO3/c1-13(2,3)18-12(16)15-9-7-14(8-10-15)6-4-5-11-17-14/h5,11H,4,6-10H2,1-3H3. The van der Waals surface area contributed by atoms with Gasteiger partial charge in [0, 0.05) is 25.9 Å². The van der Waals surface area contributed by atoms with Gasteiger partial charge in [-0.05, 0) is 39.7 Å². The maximum Gasteiger partial charge on any atom is 0.410 e. The molecule has 0 unspecified atom stereocenters. The van der Waals surface area contributed by atoms with Gasteiger partial charge in [-0.3, -0.25) is 0 Å². The lowest BCUT2D eigenvalue weighted by atomic mass is 9.86. The van der Waals surface area contributed by atoms with Crippen molar-refractivity contribution in [2.45, 2.75) is 57.7 Å². The molecular weight excluding hydrogens is 230 g/mol. The van der Waals surface area contributed by atoms with E-state index < -0.39 is 5.60 Å². The van der Waals surface area contributed by atoms with Crippen LogP contribution in [0, 0.1) is 0 Å². The second kappa shape index (κ2) is 4.82. The Bertz CT molecular complexity index is 335. The van der Waals surface area contributed by atoms with E-state index in [2.05, 4.69) is 6.08 Å². The molecule has 2 rings (SSSR count). The first kappa shape index (κ1) is 13.2. The summed E-state index contributed by atoms with van der Waals surface area (Å²) >= 11 is 0. The number of ether oxygens (including phenoxy) is 2. The number of allylic oxidation sites excluding steroid dienone is 1. The van der Waals surface area contributed by atoms with Gasteiger partial charge in [0.05, 0.1) is 6.26 Å². The summed E-state index contributed by atoms with van der Waals surface area (Å²) in [6.45, 7) is 7.13. The van der Waals surface area contributed by atoms with E-state index in [4.69, 9.17) is 9.47 Å². The number of piperidine rings is 1. The first-order valence-corrected chi connectivity index (χ1v) is 6.71. The predicted octanol–water partition coefficient (Wildman–Crippen LogP) is 3.08. The number of hydrogen-bond donors (Lipinski definition) is 0. The number of rotatable bonds is 0. The number of hydrogen-bond acceptors (Lipinski definition) is 3. The number of amides is 1. The summed E-state index contributed by atoms with van der Waals surface area (Å²) in [5.41, 5.74) is -0.455. The van der Waals surface area contributed by atoms with Crippen LogP contribution in [-0.2, 0) is 9.47 Å². The third-order valence-electron chi connectivity index (χ3n) is 3.51. The van der Waals surface area contributed by atoms with Crippen molar-refractivity contribution < 1.29 is 14.3 Å². The van der Waals surface area contributed by atoms with Crippen LogP contribution in [0.2, 0.25) is 0 Å². The summed E-state index contributed by atoms with van der Waals surface area (Å²) in [7, 11) is 0. The lowest BCUT2D eigenvalue weighted by molar-refractivity contribution is -0.0508. The highest BCUT2D eigenvalue weighted by Crippen LogP contribution is 2.34. The van der Waals surface area contributed by atoms with Gasteiger partial charge in [-0.25, -0.2) is 4.79 Å². The largest absolute Gasteiger partial charge is 0.495 e. The predicted molar refractivity (Wildman–Crippen MR) is 69.2 cm³/mol. The van der Waals surface area contributed by atoms with Gasteiger partial charge >= 0.3 is 6.09 Å². The van der Waals surface area contributed by atoms with Gasteiger partial charge in [-0.15, -0.1) is 0 Å². The van der Waals surface area contributed by atoms with Crippen molar-refractivity contribution in [1.29, 1.82) is 0 Å². The van der Waals surface area contributed by atoms with Crippen molar-refractivity contribution in [3.8, 4) is 0 Å². The van der Waals surface area contributed by atoms with Crippen LogP contribution >= 0.6 is 0 Å².